The molecule has 0 heterocycles. The average molecular weight is 222 g/mol. The van der Waals surface area contributed by atoms with E-state index in [1.807, 2.05) is 0 Å². The average Bonchev–Trinajstić information content (AvgIpc) is 2.38. The summed E-state index contributed by atoms with van der Waals surface area (Å²) in [6.45, 7) is 0.551. The Kier molecular flexibility index (Phi) is 4.83. The van der Waals surface area contributed by atoms with Crippen LogP contribution in [0.25, 0.3) is 0 Å². The molecule has 2 aliphatic carbocycles. The Hall–Kier alpha value is -0.370. The molecule has 0 aromatic rings. The van der Waals surface area contributed by atoms with Gasteiger partial charge in [0.05, 0.1) is 6.54 Å². The molecule has 0 aromatic heterocycles. The van der Waals surface area contributed by atoms with Gasteiger partial charge in [-0.15, -0.1) is 0 Å². The highest BCUT2D eigenvalue weighted by molar-refractivity contribution is 5.53. The molecule has 0 amide bonds. The predicted octanol–water partition coefficient (Wildman–Crippen LogP) is 3.06. The smallest absolute Gasteiger partial charge is 0.213 e. The maximum Gasteiger partial charge on any atom is 0.213 e. The lowest BCUT2D eigenvalue weighted by molar-refractivity contribution is 0.0975. The Labute approximate surface area is 99.4 Å². The Bertz CT molecular complexity index is 187. The van der Waals surface area contributed by atoms with Gasteiger partial charge in [-0.3, -0.25) is 9.69 Å². The van der Waals surface area contributed by atoms with E-state index in [2.05, 4.69) is 11.2 Å². The highest BCUT2D eigenvalue weighted by atomic mass is 16.1. The van der Waals surface area contributed by atoms with Crippen molar-refractivity contribution in [2.45, 2.75) is 76.3 Å². The van der Waals surface area contributed by atoms with Gasteiger partial charge >= 0.3 is 0 Å². The van der Waals surface area contributed by atoms with Crippen LogP contribution in [0.3, 0.4) is 0 Å². The summed E-state index contributed by atoms with van der Waals surface area (Å²) in [5.74, 6) is 0. The Morgan fingerprint density at radius 2 is 1.25 bits per heavy atom. The lowest BCUT2D eigenvalue weighted by atomic mass is 9.89. The summed E-state index contributed by atoms with van der Waals surface area (Å²) in [6, 6.07) is 1.36. The number of hydrogen-bond donors (Lipinski definition) is 0. The van der Waals surface area contributed by atoms with Crippen molar-refractivity contribution in [3.05, 3.63) is 0 Å². The zero-order valence-electron chi connectivity index (χ0n) is 10.3. The molecule has 2 heteroatoms. The van der Waals surface area contributed by atoms with Crippen molar-refractivity contribution in [3.8, 4) is 0 Å². The van der Waals surface area contributed by atoms with Crippen molar-refractivity contribution < 1.29 is 4.79 Å². The molecule has 0 N–H and O–H groups in total. The van der Waals surface area contributed by atoms with Gasteiger partial charge in [0, 0.05) is 12.1 Å². The van der Waals surface area contributed by atoms with Crippen LogP contribution in [0.4, 0.5) is 0 Å². The first kappa shape index (κ1) is 12.1. The van der Waals surface area contributed by atoms with Crippen LogP contribution < -0.4 is 0 Å². The van der Waals surface area contributed by atoms with Crippen LogP contribution in [0.5, 0.6) is 0 Å². The van der Waals surface area contributed by atoms with Crippen LogP contribution in [-0.4, -0.2) is 29.8 Å². The molecule has 2 aliphatic rings. The summed E-state index contributed by atoms with van der Waals surface area (Å²) in [5, 5.41) is 0. The van der Waals surface area contributed by atoms with Gasteiger partial charge in [0.2, 0.25) is 6.29 Å². The minimum absolute atomic E-state index is 0.551. The summed E-state index contributed by atoms with van der Waals surface area (Å²) in [7, 11) is 0. The summed E-state index contributed by atoms with van der Waals surface area (Å²) < 4.78 is 0. The molecular formula is C14H24NO. The quantitative estimate of drug-likeness (QED) is 0.728. The first-order valence-electron chi connectivity index (χ1n) is 7.02. The van der Waals surface area contributed by atoms with Crippen molar-refractivity contribution in [1.29, 1.82) is 0 Å². The lowest BCUT2D eigenvalue weighted by Crippen LogP contribution is -2.46. The monoisotopic (exact) mass is 222 g/mol. The summed E-state index contributed by atoms with van der Waals surface area (Å²) in [5.41, 5.74) is 0. The van der Waals surface area contributed by atoms with E-state index >= 15 is 0 Å². The summed E-state index contributed by atoms with van der Waals surface area (Å²) in [6.07, 6.45) is 15.5. The fourth-order valence-corrected chi connectivity index (χ4v) is 3.46. The van der Waals surface area contributed by atoms with Gasteiger partial charge in [-0.2, -0.15) is 0 Å². The van der Waals surface area contributed by atoms with E-state index in [1.54, 1.807) is 0 Å². The predicted molar refractivity (Wildman–Crippen MR) is 66.1 cm³/mol. The number of carbonyl (C=O) groups excluding carboxylic acids is 1. The third kappa shape index (κ3) is 3.07. The zero-order valence-corrected chi connectivity index (χ0v) is 10.3. The van der Waals surface area contributed by atoms with Gasteiger partial charge < -0.3 is 0 Å². The Morgan fingerprint density at radius 3 is 1.62 bits per heavy atom. The first-order valence-corrected chi connectivity index (χ1v) is 7.02. The molecular weight excluding hydrogens is 198 g/mol. The fourth-order valence-electron chi connectivity index (χ4n) is 3.46. The van der Waals surface area contributed by atoms with Crippen molar-refractivity contribution in [2.24, 2.45) is 0 Å². The van der Waals surface area contributed by atoms with E-state index in [9.17, 15) is 4.79 Å². The van der Waals surface area contributed by atoms with Gasteiger partial charge in [-0.1, -0.05) is 38.5 Å². The van der Waals surface area contributed by atoms with Crippen molar-refractivity contribution in [3.63, 3.8) is 0 Å². The van der Waals surface area contributed by atoms with Gasteiger partial charge in [0.1, 0.15) is 0 Å². The van der Waals surface area contributed by atoms with Crippen LogP contribution in [0.2, 0.25) is 0 Å². The van der Waals surface area contributed by atoms with Crippen LogP contribution in [0, 0.1) is 0 Å². The van der Waals surface area contributed by atoms with E-state index in [1.165, 1.54) is 64.2 Å². The van der Waals surface area contributed by atoms with Gasteiger partial charge in [-0.25, -0.2) is 0 Å². The second kappa shape index (κ2) is 6.39. The third-order valence-electron chi connectivity index (χ3n) is 4.33. The highest BCUT2D eigenvalue weighted by Gasteiger charge is 2.28. The normalized spacial score (nSPS) is 24.8. The molecule has 0 atom stereocenters. The third-order valence-corrected chi connectivity index (χ3v) is 4.33. The molecule has 0 saturated heterocycles. The van der Waals surface area contributed by atoms with E-state index in [4.69, 9.17) is 0 Å². The van der Waals surface area contributed by atoms with Crippen LogP contribution in [-0.2, 0) is 4.79 Å². The summed E-state index contributed by atoms with van der Waals surface area (Å²) in [4.78, 5) is 13.2. The van der Waals surface area contributed by atoms with Gasteiger partial charge in [0.15, 0.2) is 0 Å². The van der Waals surface area contributed by atoms with Crippen molar-refractivity contribution in [1.82, 2.24) is 4.90 Å². The zero-order chi connectivity index (χ0) is 11.2. The van der Waals surface area contributed by atoms with E-state index in [0.717, 1.165) is 0 Å². The van der Waals surface area contributed by atoms with E-state index < -0.39 is 0 Å². The minimum atomic E-state index is 0.551. The number of hydrogen-bond acceptors (Lipinski definition) is 2. The second-order valence-electron chi connectivity index (χ2n) is 5.40. The molecule has 2 rings (SSSR count). The maximum atomic E-state index is 10.7. The molecule has 2 fully saturated rings. The molecule has 0 bridgehead atoms. The number of rotatable bonds is 4. The highest BCUT2D eigenvalue weighted by Crippen LogP contribution is 2.29. The minimum Gasteiger partial charge on any atom is -0.290 e. The SMILES string of the molecule is O=[C]CN(C1CCCCC1)C1CCCCC1. The molecule has 0 aliphatic heterocycles. The summed E-state index contributed by atoms with van der Waals surface area (Å²) >= 11 is 0. The van der Waals surface area contributed by atoms with Crippen molar-refractivity contribution in [2.75, 3.05) is 6.54 Å². The Morgan fingerprint density at radius 1 is 0.812 bits per heavy atom. The fraction of sp³-hybridized carbons (Fsp3) is 0.929. The molecule has 0 unspecified atom stereocenters. The lowest BCUT2D eigenvalue weighted by Gasteiger charge is -2.40. The van der Waals surface area contributed by atoms with Crippen LogP contribution >= 0.6 is 0 Å². The maximum absolute atomic E-state index is 10.7. The molecule has 2 saturated carbocycles. The van der Waals surface area contributed by atoms with E-state index in [0.29, 0.717) is 18.6 Å². The second-order valence-corrected chi connectivity index (χ2v) is 5.40. The standard InChI is InChI=1S/C14H24NO/c16-12-11-15(13-7-3-1-4-8-13)14-9-5-2-6-10-14/h13-14H,1-11H2. The van der Waals surface area contributed by atoms with Crippen LogP contribution in [0.1, 0.15) is 64.2 Å². The van der Waals surface area contributed by atoms with Crippen molar-refractivity contribution >= 4 is 6.29 Å². The van der Waals surface area contributed by atoms with Gasteiger partial charge in [0.25, 0.3) is 0 Å². The molecule has 0 aromatic carbocycles. The molecule has 91 valence electrons. The van der Waals surface area contributed by atoms with Crippen LogP contribution in [0.15, 0.2) is 0 Å². The largest absolute Gasteiger partial charge is 0.290 e. The first-order chi connectivity index (χ1) is 7.92. The molecule has 16 heavy (non-hydrogen) atoms. The van der Waals surface area contributed by atoms with Gasteiger partial charge in [-0.05, 0) is 25.7 Å². The molecule has 2 nitrogen and oxygen atoms in total. The molecule has 1 radical (unpaired) electrons. The number of nitrogens with zero attached hydrogens (tertiary/aromatic N) is 1. The Balaban J connectivity index is 1.93. The molecule has 0 spiro atoms. The van der Waals surface area contributed by atoms with E-state index in [-0.39, 0.29) is 0 Å². The topological polar surface area (TPSA) is 20.3 Å².